The highest BCUT2D eigenvalue weighted by Crippen LogP contribution is 2.17. The zero-order valence-corrected chi connectivity index (χ0v) is 12.6. The van der Waals surface area contributed by atoms with Crippen LogP contribution in [0.4, 0.5) is 0 Å². The fourth-order valence-corrected chi connectivity index (χ4v) is 3.45. The SMILES string of the molecule is O=c1c2ccccc2ncn1CSC(=S)N1CCCC1. The molecule has 2 heterocycles. The van der Waals surface area contributed by atoms with Crippen molar-refractivity contribution in [2.24, 2.45) is 0 Å². The van der Waals surface area contributed by atoms with Crippen molar-refractivity contribution >= 4 is 39.2 Å². The van der Waals surface area contributed by atoms with E-state index in [1.165, 1.54) is 24.6 Å². The van der Waals surface area contributed by atoms with Crippen LogP contribution in [-0.4, -0.2) is 31.9 Å². The predicted molar refractivity (Wildman–Crippen MR) is 87.0 cm³/mol. The van der Waals surface area contributed by atoms with Crippen LogP contribution < -0.4 is 5.56 Å². The van der Waals surface area contributed by atoms with Crippen molar-refractivity contribution < 1.29 is 0 Å². The molecular weight excluding hydrogens is 290 g/mol. The van der Waals surface area contributed by atoms with Crippen LogP contribution in [0.25, 0.3) is 10.9 Å². The highest BCUT2D eigenvalue weighted by atomic mass is 32.2. The molecule has 0 N–H and O–H groups in total. The van der Waals surface area contributed by atoms with Crippen molar-refractivity contribution in [2.45, 2.75) is 18.7 Å². The van der Waals surface area contributed by atoms with Crippen molar-refractivity contribution in [1.82, 2.24) is 14.5 Å². The number of hydrogen-bond acceptors (Lipinski definition) is 4. The van der Waals surface area contributed by atoms with Crippen LogP contribution >= 0.6 is 24.0 Å². The van der Waals surface area contributed by atoms with Gasteiger partial charge in [-0.1, -0.05) is 36.1 Å². The summed E-state index contributed by atoms with van der Waals surface area (Å²) in [6.07, 6.45) is 4.01. The summed E-state index contributed by atoms with van der Waals surface area (Å²) in [6.45, 7) is 2.08. The Balaban J connectivity index is 1.76. The third kappa shape index (κ3) is 2.71. The van der Waals surface area contributed by atoms with E-state index in [9.17, 15) is 4.79 Å². The minimum absolute atomic E-state index is 0.00711. The maximum Gasteiger partial charge on any atom is 0.261 e. The van der Waals surface area contributed by atoms with Gasteiger partial charge in [-0.25, -0.2) is 4.98 Å². The number of thiocarbonyl (C=S) groups is 1. The van der Waals surface area contributed by atoms with Gasteiger partial charge in [-0.2, -0.15) is 0 Å². The number of fused-ring (bicyclic) bond motifs is 1. The molecule has 1 aliphatic heterocycles. The molecule has 0 atom stereocenters. The number of rotatable bonds is 2. The van der Waals surface area contributed by atoms with E-state index in [2.05, 4.69) is 9.88 Å². The first kappa shape index (κ1) is 13.6. The van der Waals surface area contributed by atoms with E-state index in [1.807, 2.05) is 24.3 Å². The Morgan fingerprint density at radius 2 is 2.05 bits per heavy atom. The second kappa shape index (κ2) is 5.93. The van der Waals surface area contributed by atoms with E-state index in [-0.39, 0.29) is 5.56 Å². The lowest BCUT2D eigenvalue weighted by Crippen LogP contribution is -2.25. The third-order valence-corrected chi connectivity index (χ3v) is 4.95. The Morgan fingerprint density at radius 1 is 1.30 bits per heavy atom. The van der Waals surface area contributed by atoms with E-state index in [1.54, 1.807) is 10.9 Å². The molecule has 0 aliphatic carbocycles. The molecule has 4 nitrogen and oxygen atoms in total. The standard InChI is InChI=1S/C14H15N3OS2/c18-13-11-5-1-2-6-12(11)15-9-17(13)10-20-14(19)16-7-3-4-8-16/h1-2,5-6,9H,3-4,7-8,10H2. The number of para-hydroxylation sites is 1. The van der Waals surface area contributed by atoms with Crippen LogP contribution in [0.5, 0.6) is 0 Å². The lowest BCUT2D eigenvalue weighted by atomic mass is 10.2. The first-order valence-corrected chi connectivity index (χ1v) is 8.01. The Morgan fingerprint density at radius 3 is 2.85 bits per heavy atom. The van der Waals surface area contributed by atoms with Gasteiger partial charge in [0.15, 0.2) is 0 Å². The van der Waals surface area contributed by atoms with Gasteiger partial charge in [0.1, 0.15) is 4.32 Å². The van der Waals surface area contributed by atoms with Gasteiger partial charge in [0.05, 0.1) is 23.1 Å². The van der Waals surface area contributed by atoms with Gasteiger partial charge in [0, 0.05) is 13.1 Å². The largest absolute Gasteiger partial charge is 0.357 e. The maximum atomic E-state index is 12.3. The average Bonchev–Trinajstić information content (AvgIpc) is 3.01. The number of thioether (sulfide) groups is 1. The van der Waals surface area contributed by atoms with Crippen LogP contribution in [-0.2, 0) is 5.88 Å². The Hall–Kier alpha value is -1.40. The molecule has 0 saturated carbocycles. The van der Waals surface area contributed by atoms with Gasteiger partial charge in [-0.3, -0.25) is 9.36 Å². The minimum atomic E-state index is -0.00711. The summed E-state index contributed by atoms with van der Waals surface area (Å²) in [5, 5.41) is 0.655. The van der Waals surface area contributed by atoms with E-state index in [0.717, 1.165) is 22.9 Å². The second-order valence-electron chi connectivity index (χ2n) is 4.77. The van der Waals surface area contributed by atoms with Crippen LogP contribution in [0.1, 0.15) is 12.8 Å². The number of aromatic nitrogens is 2. The number of likely N-dealkylation sites (tertiary alicyclic amines) is 1. The van der Waals surface area contributed by atoms with Gasteiger partial charge < -0.3 is 4.90 Å². The first-order chi connectivity index (χ1) is 9.75. The van der Waals surface area contributed by atoms with Gasteiger partial charge in [-0.05, 0) is 25.0 Å². The second-order valence-corrected chi connectivity index (χ2v) is 6.35. The van der Waals surface area contributed by atoms with Crippen LogP contribution in [0.15, 0.2) is 35.4 Å². The summed E-state index contributed by atoms with van der Waals surface area (Å²) < 4.78 is 2.50. The van der Waals surface area contributed by atoms with Crippen molar-refractivity contribution in [1.29, 1.82) is 0 Å². The zero-order chi connectivity index (χ0) is 13.9. The van der Waals surface area contributed by atoms with Crippen LogP contribution in [0.3, 0.4) is 0 Å². The number of hydrogen-bond donors (Lipinski definition) is 0. The van der Waals surface area contributed by atoms with Gasteiger partial charge in [-0.15, -0.1) is 0 Å². The lowest BCUT2D eigenvalue weighted by Gasteiger charge is -2.17. The summed E-state index contributed by atoms with van der Waals surface area (Å²) >= 11 is 6.94. The average molecular weight is 305 g/mol. The molecule has 0 amide bonds. The molecule has 6 heteroatoms. The van der Waals surface area contributed by atoms with Crippen molar-refractivity contribution in [3.8, 4) is 0 Å². The van der Waals surface area contributed by atoms with Crippen LogP contribution in [0.2, 0.25) is 0 Å². The molecule has 2 aromatic rings. The molecule has 1 aromatic heterocycles. The van der Waals surface area contributed by atoms with Gasteiger partial charge in [0.2, 0.25) is 0 Å². The number of nitrogens with zero attached hydrogens (tertiary/aromatic N) is 3. The van der Waals surface area contributed by atoms with Crippen molar-refractivity contribution in [2.75, 3.05) is 13.1 Å². The third-order valence-electron chi connectivity index (χ3n) is 3.42. The topological polar surface area (TPSA) is 38.1 Å². The molecule has 0 bridgehead atoms. The summed E-state index contributed by atoms with van der Waals surface area (Å²) in [5.41, 5.74) is 0.730. The molecule has 1 saturated heterocycles. The molecule has 0 spiro atoms. The highest BCUT2D eigenvalue weighted by molar-refractivity contribution is 8.22. The van der Waals surface area contributed by atoms with Crippen molar-refractivity contribution in [3.63, 3.8) is 0 Å². The Kier molecular flexibility index (Phi) is 4.03. The fraction of sp³-hybridized carbons (Fsp3) is 0.357. The minimum Gasteiger partial charge on any atom is -0.357 e. The number of benzene rings is 1. The predicted octanol–water partition coefficient (Wildman–Crippen LogP) is 2.47. The molecular formula is C14H15N3OS2. The molecule has 1 aliphatic rings. The normalized spacial score (nSPS) is 14.9. The molecule has 1 fully saturated rings. The molecule has 20 heavy (non-hydrogen) atoms. The van der Waals surface area contributed by atoms with Gasteiger partial charge >= 0.3 is 0 Å². The molecule has 3 rings (SSSR count). The van der Waals surface area contributed by atoms with Crippen molar-refractivity contribution in [3.05, 3.63) is 40.9 Å². The highest BCUT2D eigenvalue weighted by Gasteiger charge is 2.15. The summed E-state index contributed by atoms with van der Waals surface area (Å²) in [7, 11) is 0. The van der Waals surface area contributed by atoms with E-state index < -0.39 is 0 Å². The van der Waals surface area contributed by atoms with E-state index in [0.29, 0.717) is 11.3 Å². The van der Waals surface area contributed by atoms with Gasteiger partial charge in [0.25, 0.3) is 5.56 Å². The molecule has 0 unspecified atom stereocenters. The first-order valence-electron chi connectivity index (χ1n) is 6.61. The smallest absolute Gasteiger partial charge is 0.261 e. The van der Waals surface area contributed by atoms with E-state index in [4.69, 9.17) is 12.2 Å². The monoisotopic (exact) mass is 305 g/mol. The Labute approximate surface area is 126 Å². The quantitative estimate of drug-likeness (QED) is 0.797. The summed E-state index contributed by atoms with van der Waals surface area (Å²) in [4.78, 5) is 18.8. The zero-order valence-electron chi connectivity index (χ0n) is 11.0. The lowest BCUT2D eigenvalue weighted by molar-refractivity contribution is 0.539. The summed E-state index contributed by atoms with van der Waals surface area (Å²) in [5.74, 6) is 0.520. The van der Waals surface area contributed by atoms with E-state index >= 15 is 0 Å². The summed E-state index contributed by atoms with van der Waals surface area (Å²) in [6, 6.07) is 7.40. The molecule has 104 valence electrons. The fourth-order valence-electron chi connectivity index (χ4n) is 2.31. The Bertz CT molecular complexity index is 692. The maximum absolute atomic E-state index is 12.3. The molecule has 0 radical (unpaired) electrons. The molecule has 1 aromatic carbocycles. The van der Waals surface area contributed by atoms with Crippen LogP contribution in [0, 0.1) is 0 Å².